The van der Waals surface area contributed by atoms with Crippen LogP contribution in [-0.2, 0) is 4.74 Å². The Morgan fingerprint density at radius 2 is 1.75 bits per heavy atom. The summed E-state index contributed by atoms with van der Waals surface area (Å²) in [4.78, 5) is 24.2. The van der Waals surface area contributed by atoms with E-state index in [4.69, 9.17) is 9.47 Å². The predicted octanol–water partition coefficient (Wildman–Crippen LogP) is 3.82. The second-order valence-electron chi connectivity index (χ2n) is 5.05. The number of rotatable bonds is 5. The smallest absolute Gasteiger partial charge is 0.340 e. The quantitative estimate of drug-likeness (QED) is 0.818. The third-order valence-corrected chi connectivity index (χ3v) is 3.27. The van der Waals surface area contributed by atoms with Crippen LogP contribution in [0.2, 0.25) is 0 Å². The van der Waals surface area contributed by atoms with Crippen LogP contribution in [0.4, 0.5) is 16.2 Å². The fourth-order valence-corrected chi connectivity index (χ4v) is 2.17. The largest absolute Gasteiger partial charge is 0.495 e. The normalized spacial score (nSPS) is 9.96. The minimum absolute atomic E-state index is 0.264. The summed E-state index contributed by atoms with van der Waals surface area (Å²) in [6.07, 6.45) is 0. The molecular weight excluding hydrogens is 308 g/mol. The van der Waals surface area contributed by atoms with E-state index in [9.17, 15) is 9.59 Å². The van der Waals surface area contributed by atoms with Gasteiger partial charge in [-0.05, 0) is 43.7 Å². The number of para-hydroxylation sites is 1. The van der Waals surface area contributed by atoms with Gasteiger partial charge in [0, 0.05) is 0 Å². The van der Waals surface area contributed by atoms with Crippen LogP contribution in [0.15, 0.2) is 42.5 Å². The molecule has 2 amide bonds. The number of nitrogens with one attached hydrogen (secondary N) is 2. The average molecular weight is 328 g/mol. The summed E-state index contributed by atoms with van der Waals surface area (Å²) < 4.78 is 10.2. The first-order chi connectivity index (χ1) is 11.5. The number of esters is 1. The van der Waals surface area contributed by atoms with Crippen molar-refractivity contribution in [1.29, 1.82) is 0 Å². The zero-order chi connectivity index (χ0) is 17.5. The zero-order valence-corrected chi connectivity index (χ0v) is 13.9. The van der Waals surface area contributed by atoms with Gasteiger partial charge in [-0.1, -0.05) is 18.2 Å². The van der Waals surface area contributed by atoms with E-state index in [-0.39, 0.29) is 6.61 Å². The number of anilines is 2. The van der Waals surface area contributed by atoms with Crippen molar-refractivity contribution in [3.8, 4) is 5.75 Å². The summed E-state index contributed by atoms with van der Waals surface area (Å²) in [6, 6.07) is 11.7. The van der Waals surface area contributed by atoms with Crippen LogP contribution >= 0.6 is 0 Å². The SMILES string of the molecule is CCOC(=O)c1ccccc1NC(=O)Nc1cc(C)ccc1OC. The molecule has 0 saturated heterocycles. The first-order valence-electron chi connectivity index (χ1n) is 7.54. The van der Waals surface area contributed by atoms with Crippen molar-refractivity contribution in [2.75, 3.05) is 24.4 Å². The maximum absolute atomic E-state index is 12.3. The molecule has 2 aromatic carbocycles. The number of amides is 2. The number of urea groups is 1. The van der Waals surface area contributed by atoms with Crippen molar-refractivity contribution in [2.45, 2.75) is 13.8 Å². The molecule has 2 N–H and O–H groups in total. The molecule has 0 radical (unpaired) electrons. The van der Waals surface area contributed by atoms with Gasteiger partial charge in [0.05, 0.1) is 30.7 Å². The molecule has 2 aromatic rings. The van der Waals surface area contributed by atoms with Gasteiger partial charge in [-0.3, -0.25) is 0 Å². The van der Waals surface area contributed by atoms with Gasteiger partial charge in [0.2, 0.25) is 0 Å². The molecule has 0 unspecified atom stereocenters. The predicted molar refractivity (Wildman–Crippen MR) is 92.8 cm³/mol. The molecule has 6 heteroatoms. The highest BCUT2D eigenvalue weighted by Gasteiger charge is 2.14. The zero-order valence-electron chi connectivity index (χ0n) is 13.9. The van der Waals surface area contributed by atoms with Gasteiger partial charge in [-0.2, -0.15) is 0 Å². The second-order valence-corrected chi connectivity index (χ2v) is 5.05. The van der Waals surface area contributed by atoms with Gasteiger partial charge in [-0.15, -0.1) is 0 Å². The lowest BCUT2D eigenvalue weighted by Gasteiger charge is -2.13. The number of benzene rings is 2. The van der Waals surface area contributed by atoms with Crippen molar-refractivity contribution in [2.24, 2.45) is 0 Å². The van der Waals surface area contributed by atoms with Crippen LogP contribution in [0, 0.1) is 6.92 Å². The van der Waals surface area contributed by atoms with E-state index in [0.717, 1.165) is 5.56 Å². The fraction of sp³-hybridized carbons (Fsp3) is 0.222. The second kappa shape index (κ2) is 8.01. The minimum atomic E-state index is -0.485. The van der Waals surface area contributed by atoms with Crippen LogP contribution < -0.4 is 15.4 Å². The van der Waals surface area contributed by atoms with Crippen LogP contribution in [0.5, 0.6) is 5.75 Å². The van der Waals surface area contributed by atoms with Crippen LogP contribution in [0.3, 0.4) is 0 Å². The van der Waals surface area contributed by atoms with Crippen molar-refractivity contribution in [1.82, 2.24) is 0 Å². The molecular formula is C18H20N2O4. The highest BCUT2D eigenvalue weighted by molar-refractivity contribution is 6.05. The average Bonchev–Trinajstić information content (AvgIpc) is 2.55. The summed E-state index contributed by atoms with van der Waals surface area (Å²) in [5.74, 6) is 0.0657. The Labute approximate surface area is 140 Å². The molecule has 0 heterocycles. The Kier molecular flexibility index (Phi) is 5.78. The number of aryl methyl sites for hydroxylation is 1. The van der Waals surface area contributed by atoms with Gasteiger partial charge in [0.25, 0.3) is 0 Å². The van der Waals surface area contributed by atoms with Crippen LogP contribution in [-0.4, -0.2) is 25.7 Å². The molecule has 24 heavy (non-hydrogen) atoms. The molecule has 6 nitrogen and oxygen atoms in total. The highest BCUT2D eigenvalue weighted by Crippen LogP contribution is 2.25. The number of ether oxygens (including phenoxy) is 2. The summed E-state index contributed by atoms with van der Waals surface area (Å²) in [5.41, 5.74) is 2.20. The van der Waals surface area contributed by atoms with Gasteiger partial charge >= 0.3 is 12.0 Å². The Balaban J connectivity index is 2.16. The van der Waals surface area contributed by atoms with Crippen molar-refractivity contribution < 1.29 is 19.1 Å². The summed E-state index contributed by atoms with van der Waals surface area (Å²) in [7, 11) is 1.53. The molecule has 2 rings (SSSR count). The molecule has 0 spiro atoms. The maximum Gasteiger partial charge on any atom is 0.340 e. The van der Waals surface area contributed by atoms with Gasteiger partial charge in [-0.25, -0.2) is 9.59 Å². The van der Waals surface area contributed by atoms with Crippen LogP contribution in [0.1, 0.15) is 22.8 Å². The molecule has 0 aromatic heterocycles. The first kappa shape index (κ1) is 17.3. The van der Waals surface area contributed by atoms with Gasteiger partial charge < -0.3 is 20.1 Å². The van der Waals surface area contributed by atoms with Crippen molar-refractivity contribution in [3.63, 3.8) is 0 Å². The number of hydrogen-bond acceptors (Lipinski definition) is 4. The summed E-state index contributed by atoms with van der Waals surface area (Å²) in [5, 5.41) is 5.38. The molecule has 0 aliphatic rings. The Morgan fingerprint density at radius 3 is 2.46 bits per heavy atom. The van der Waals surface area contributed by atoms with E-state index >= 15 is 0 Å². The highest BCUT2D eigenvalue weighted by atomic mass is 16.5. The molecule has 0 bridgehead atoms. The molecule has 0 atom stereocenters. The van der Waals surface area contributed by atoms with Crippen LogP contribution in [0.25, 0.3) is 0 Å². The molecule has 126 valence electrons. The van der Waals surface area contributed by atoms with Crippen molar-refractivity contribution in [3.05, 3.63) is 53.6 Å². The van der Waals surface area contributed by atoms with E-state index in [1.165, 1.54) is 7.11 Å². The standard InChI is InChI=1S/C18H20N2O4/c1-4-24-17(21)13-7-5-6-8-14(13)19-18(22)20-15-11-12(2)9-10-16(15)23-3/h5-11H,4H2,1-3H3,(H2,19,20,22). The third-order valence-electron chi connectivity index (χ3n) is 3.27. The minimum Gasteiger partial charge on any atom is -0.495 e. The Hall–Kier alpha value is -3.02. The lowest BCUT2D eigenvalue weighted by atomic mass is 10.2. The molecule has 0 saturated carbocycles. The van der Waals surface area contributed by atoms with E-state index in [0.29, 0.717) is 22.7 Å². The Morgan fingerprint density at radius 1 is 1.04 bits per heavy atom. The van der Waals surface area contributed by atoms with E-state index < -0.39 is 12.0 Å². The monoisotopic (exact) mass is 328 g/mol. The number of carbonyl (C=O) groups excluding carboxylic acids is 2. The fourth-order valence-electron chi connectivity index (χ4n) is 2.17. The van der Waals surface area contributed by atoms with Gasteiger partial charge in [0.1, 0.15) is 5.75 Å². The van der Waals surface area contributed by atoms with Gasteiger partial charge in [0.15, 0.2) is 0 Å². The van der Waals surface area contributed by atoms with E-state index in [1.807, 2.05) is 13.0 Å². The maximum atomic E-state index is 12.3. The molecule has 0 aliphatic heterocycles. The number of methoxy groups -OCH3 is 1. The topological polar surface area (TPSA) is 76.7 Å². The molecule has 0 aliphatic carbocycles. The number of hydrogen-bond donors (Lipinski definition) is 2. The first-order valence-corrected chi connectivity index (χ1v) is 7.54. The van der Waals surface area contributed by atoms with E-state index in [1.54, 1.807) is 43.3 Å². The van der Waals surface area contributed by atoms with Crippen molar-refractivity contribution >= 4 is 23.4 Å². The van der Waals surface area contributed by atoms with E-state index in [2.05, 4.69) is 10.6 Å². The number of carbonyl (C=O) groups is 2. The summed E-state index contributed by atoms with van der Waals surface area (Å²) >= 11 is 0. The third kappa shape index (κ3) is 4.25. The lowest BCUT2D eigenvalue weighted by molar-refractivity contribution is 0.0527. The molecule has 0 fully saturated rings. The lowest BCUT2D eigenvalue weighted by Crippen LogP contribution is -2.21. The Bertz CT molecular complexity index is 744. The summed E-state index contributed by atoms with van der Waals surface area (Å²) in [6.45, 7) is 3.91.